The molecule has 2 aliphatic rings. The van der Waals surface area contributed by atoms with Gasteiger partial charge in [-0.3, -0.25) is 18.9 Å². The zero-order valence-electron chi connectivity index (χ0n) is 17.6. The summed E-state index contributed by atoms with van der Waals surface area (Å²) < 4.78 is 43.3. The molecular weight excluding hydrogens is 526 g/mol. The van der Waals surface area contributed by atoms with E-state index in [4.69, 9.17) is 23.8 Å². The largest absolute Gasteiger partial charge is 0.481 e. The van der Waals surface area contributed by atoms with E-state index in [9.17, 15) is 49.1 Å². The number of phosphoric acid groups is 2. The van der Waals surface area contributed by atoms with Gasteiger partial charge < -0.3 is 49.7 Å². The van der Waals surface area contributed by atoms with Crippen LogP contribution < -0.4 is 11.2 Å². The van der Waals surface area contributed by atoms with Crippen molar-refractivity contribution in [3.8, 4) is 0 Å². The Hall–Kier alpha value is -1.34. The summed E-state index contributed by atoms with van der Waals surface area (Å²) in [5.41, 5.74) is -1.88. The third kappa shape index (κ3) is 6.15. The van der Waals surface area contributed by atoms with Gasteiger partial charge in [-0.1, -0.05) is 0 Å². The van der Waals surface area contributed by atoms with Crippen molar-refractivity contribution in [3.05, 3.63) is 33.1 Å². The number of aromatic amines is 1. The Kier molecular flexibility index (Phi) is 8.23. The first-order chi connectivity index (χ1) is 16.0. The zero-order chi connectivity index (χ0) is 26.5. The van der Waals surface area contributed by atoms with Crippen LogP contribution >= 0.6 is 15.6 Å². The fourth-order valence-corrected chi connectivity index (χ4v) is 5.56. The molecule has 3 rings (SSSR count). The number of nitrogens with one attached hydrogen (secondary N) is 1. The van der Waals surface area contributed by atoms with Gasteiger partial charge in [0.25, 0.3) is 5.56 Å². The van der Waals surface area contributed by atoms with Gasteiger partial charge in [0.15, 0.2) is 6.23 Å². The normalized spacial score (nSPS) is 38.7. The lowest BCUT2D eigenvalue weighted by Crippen LogP contribution is -2.63. The third-order valence-corrected chi connectivity index (χ3v) is 7.59. The molecule has 11 atom stereocenters. The average molecular weight is 550 g/mol. The summed E-state index contributed by atoms with van der Waals surface area (Å²) >= 11 is 0. The Labute approximate surface area is 194 Å². The number of nitrogens with zero attached hydrogens (tertiary/aromatic N) is 1. The minimum Gasteiger partial charge on any atom is -0.388 e. The molecule has 1 aromatic heterocycles. The molecule has 200 valence electrons. The Balaban J connectivity index is 2.01. The van der Waals surface area contributed by atoms with Crippen LogP contribution in [0.3, 0.4) is 0 Å². The van der Waals surface area contributed by atoms with Gasteiger partial charge in [0.1, 0.15) is 48.8 Å². The lowest BCUT2D eigenvalue weighted by molar-refractivity contribution is -0.251. The Morgan fingerprint density at radius 2 is 1.51 bits per heavy atom. The summed E-state index contributed by atoms with van der Waals surface area (Å²) in [6, 6.07) is 0.883. The number of aliphatic hydroxyl groups excluding tert-OH is 5. The number of hydrogen-bond donors (Lipinski definition) is 9. The second-order valence-corrected chi connectivity index (χ2v) is 10.7. The van der Waals surface area contributed by atoms with E-state index in [1.54, 1.807) is 0 Å². The maximum absolute atomic E-state index is 12.3. The molecule has 2 saturated heterocycles. The van der Waals surface area contributed by atoms with Crippen LogP contribution in [0.5, 0.6) is 0 Å². The number of aromatic nitrogens is 2. The van der Waals surface area contributed by atoms with Crippen LogP contribution in [0.4, 0.5) is 0 Å². The summed E-state index contributed by atoms with van der Waals surface area (Å²) in [4.78, 5) is 52.9. The molecule has 0 bridgehead atoms. The lowest BCUT2D eigenvalue weighted by Gasteiger charge is -2.43. The Morgan fingerprint density at radius 3 is 2.09 bits per heavy atom. The van der Waals surface area contributed by atoms with E-state index in [-0.39, 0.29) is 0 Å². The SMILES string of the molecule is C[C@@H]1OC(C(OP(=O)(O)OP(=O)(O)O)[C@H]2O[C@@H](n3ccc(=O)[nH]c3=O)[C@H](O)[C@@H]2O)[C@H](O)[C@H](O)[C@H]1O. The van der Waals surface area contributed by atoms with Crippen LogP contribution in [-0.2, 0) is 27.4 Å². The monoisotopic (exact) mass is 550 g/mol. The van der Waals surface area contributed by atoms with Gasteiger partial charge in [-0.15, -0.1) is 0 Å². The van der Waals surface area contributed by atoms with E-state index in [1.165, 1.54) is 6.92 Å². The first-order valence-corrected chi connectivity index (χ1v) is 12.9. The molecule has 0 aliphatic carbocycles. The smallest absolute Gasteiger partial charge is 0.388 e. The first kappa shape index (κ1) is 28.2. The molecule has 0 amide bonds. The highest BCUT2D eigenvalue weighted by atomic mass is 31.3. The zero-order valence-corrected chi connectivity index (χ0v) is 19.4. The van der Waals surface area contributed by atoms with Crippen molar-refractivity contribution >= 4 is 15.6 Å². The topological polar surface area (TPSA) is 288 Å². The number of rotatable bonds is 7. The maximum Gasteiger partial charge on any atom is 0.481 e. The predicted molar refractivity (Wildman–Crippen MR) is 107 cm³/mol. The van der Waals surface area contributed by atoms with Gasteiger partial charge >= 0.3 is 21.3 Å². The van der Waals surface area contributed by atoms with Crippen LogP contribution in [0.1, 0.15) is 13.2 Å². The summed E-state index contributed by atoms with van der Waals surface area (Å²) in [5.74, 6) is 0. The molecule has 2 aliphatic heterocycles. The third-order valence-electron chi connectivity index (χ3n) is 5.40. The number of hydrogen-bond acceptors (Lipinski definition) is 13. The molecular formula is C15H24N2O16P2. The molecule has 3 heterocycles. The van der Waals surface area contributed by atoms with E-state index in [0.29, 0.717) is 4.57 Å². The Bertz CT molecular complexity index is 1120. The highest BCUT2D eigenvalue weighted by molar-refractivity contribution is 7.60. The fraction of sp³-hybridized carbons (Fsp3) is 0.733. The van der Waals surface area contributed by atoms with Crippen LogP contribution in [-0.4, -0.2) is 105 Å². The van der Waals surface area contributed by atoms with Gasteiger partial charge in [0.05, 0.1) is 6.10 Å². The molecule has 0 saturated carbocycles. The first-order valence-electron chi connectivity index (χ1n) is 9.83. The van der Waals surface area contributed by atoms with Crippen LogP contribution in [0.25, 0.3) is 0 Å². The lowest BCUT2D eigenvalue weighted by atomic mass is 9.89. The van der Waals surface area contributed by atoms with Gasteiger partial charge in [0, 0.05) is 12.3 Å². The summed E-state index contributed by atoms with van der Waals surface area (Å²) in [5, 5.41) is 51.5. The quantitative estimate of drug-likeness (QED) is 0.145. The molecule has 35 heavy (non-hydrogen) atoms. The maximum atomic E-state index is 12.3. The molecule has 18 nitrogen and oxygen atoms in total. The standard InChI is InChI=1S/C15H24N2O16P2/c1-4-6(19)7(20)8(21)11(30-4)13(32-35(28,29)33-34(25,26)27)12-9(22)10(23)14(31-12)17-3-2-5(18)16-15(17)24/h2-4,6-14,19-23H,1H3,(H,28,29)(H,16,18,24)(H2,25,26,27)/t4-,6-,7+,8+,9-,10+,11?,12-,13?,14+/m0/s1. The highest BCUT2D eigenvalue weighted by Gasteiger charge is 2.56. The summed E-state index contributed by atoms with van der Waals surface area (Å²) in [6.45, 7) is 1.23. The van der Waals surface area contributed by atoms with Crippen LogP contribution in [0.15, 0.2) is 21.9 Å². The van der Waals surface area contributed by atoms with E-state index >= 15 is 0 Å². The van der Waals surface area contributed by atoms with Crippen LogP contribution in [0, 0.1) is 0 Å². The van der Waals surface area contributed by atoms with Crippen molar-refractivity contribution in [2.24, 2.45) is 0 Å². The van der Waals surface area contributed by atoms with E-state index < -0.39 is 88.1 Å². The fourth-order valence-electron chi connectivity index (χ4n) is 3.78. The Morgan fingerprint density at radius 1 is 0.943 bits per heavy atom. The van der Waals surface area contributed by atoms with Gasteiger partial charge in [-0.05, 0) is 6.92 Å². The number of H-pyrrole nitrogens is 1. The van der Waals surface area contributed by atoms with Crippen molar-refractivity contribution in [2.45, 2.75) is 68.1 Å². The predicted octanol–water partition coefficient (Wildman–Crippen LogP) is -4.38. The van der Waals surface area contributed by atoms with Crippen molar-refractivity contribution in [1.29, 1.82) is 0 Å². The van der Waals surface area contributed by atoms with Crippen molar-refractivity contribution < 1.29 is 67.7 Å². The minimum absolute atomic E-state index is 0.649. The molecule has 0 radical (unpaired) electrons. The summed E-state index contributed by atoms with van der Waals surface area (Å²) in [7, 11) is -11.3. The number of ether oxygens (including phenoxy) is 2. The van der Waals surface area contributed by atoms with Crippen molar-refractivity contribution in [3.63, 3.8) is 0 Å². The van der Waals surface area contributed by atoms with Crippen molar-refractivity contribution in [1.82, 2.24) is 9.55 Å². The second kappa shape index (κ2) is 10.2. The van der Waals surface area contributed by atoms with Crippen LogP contribution in [0.2, 0.25) is 0 Å². The minimum atomic E-state index is -5.71. The molecule has 2 fully saturated rings. The van der Waals surface area contributed by atoms with Gasteiger partial charge in [0.2, 0.25) is 0 Å². The van der Waals surface area contributed by atoms with E-state index in [1.807, 2.05) is 4.98 Å². The average Bonchev–Trinajstić information content (AvgIpc) is 3.00. The number of aliphatic hydroxyl groups is 5. The number of phosphoric ester groups is 1. The summed E-state index contributed by atoms with van der Waals surface area (Å²) in [6.07, 6.45) is -17.8. The molecule has 3 unspecified atom stereocenters. The molecule has 20 heteroatoms. The van der Waals surface area contributed by atoms with Gasteiger partial charge in [-0.25, -0.2) is 13.9 Å². The molecule has 0 aromatic carbocycles. The second-order valence-electron chi connectivity index (χ2n) is 7.88. The highest BCUT2D eigenvalue weighted by Crippen LogP contribution is 2.59. The van der Waals surface area contributed by atoms with E-state index in [0.717, 1.165) is 12.3 Å². The molecule has 9 N–H and O–H groups in total. The van der Waals surface area contributed by atoms with Gasteiger partial charge in [-0.2, -0.15) is 4.31 Å². The molecule has 1 aromatic rings. The van der Waals surface area contributed by atoms with E-state index in [2.05, 4.69) is 4.31 Å². The molecule has 0 spiro atoms. The van der Waals surface area contributed by atoms with Crippen molar-refractivity contribution in [2.75, 3.05) is 0 Å².